The normalized spacial score (nSPS) is 18.0. The Kier molecular flexibility index (Phi) is 30.4. The van der Waals surface area contributed by atoms with E-state index >= 15 is 0 Å². The maximum absolute atomic E-state index is 14.7. The van der Waals surface area contributed by atoms with Gasteiger partial charge in [-0.2, -0.15) is 0 Å². The van der Waals surface area contributed by atoms with Gasteiger partial charge < -0.3 is 51.0 Å². The molecule has 0 spiro atoms. The summed E-state index contributed by atoms with van der Waals surface area (Å²) in [5, 5.41) is 24.0. The van der Waals surface area contributed by atoms with Gasteiger partial charge in [0.15, 0.2) is 0 Å². The van der Waals surface area contributed by atoms with Crippen LogP contribution in [0.2, 0.25) is 0 Å². The molecule has 2 heterocycles. The van der Waals surface area contributed by atoms with Crippen LogP contribution in [0.1, 0.15) is 126 Å². The van der Waals surface area contributed by atoms with Crippen LogP contribution in [0.5, 0.6) is 0 Å². The number of hydrogen-bond donors (Lipinski definition) is 6. The molecule has 0 saturated carbocycles. The van der Waals surface area contributed by atoms with Gasteiger partial charge in [-0.3, -0.25) is 53.0 Å². The van der Waals surface area contributed by atoms with E-state index in [2.05, 4.69) is 26.6 Å². The van der Waals surface area contributed by atoms with Gasteiger partial charge in [-0.05, 0) is 68.9 Å². The number of ether oxygens (including phenoxy) is 2. The number of methoxy groups -OCH3 is 2. The number of carboxylic acid groups (broad SMARTS) is 1. The summed E-state index contributed by atoms with van der Waals surface area (Å²) in [4.78, 5) is 138. The molecule has 22 nitrogen and oxygen atoms in total. The molecule has 1 aromatic rings. The quantitative estimate of drug-likeness (QED) is 0.0314. The lowest BCUT2D eigenvalue weighted by Gasteiger charge is -2.41. The molecule has 0 unspecified atom stereocenters. The highest BCUT2D eigenvalue weighted by Crippen LogP contribution is 2.30. The van der Waals surface area contributed by atoms with E-state index in [1.807, 2.05) is 59.6 Å². The van der Waals surface area contributed by atoms with Crippen molar-refractivity contribution >= 4 is 70.9 Å². The number of unbranched alkanes of at least 4 members (excludes halogenated alkanes) is 2. The van der Waals surface area contributed by atoms with Crippen LogP contribution >= 0.6 is 11.8 Å². The largest absolute Gasteiger partial charge is 0.480 e. The van der Waals surface area contributed by atoms with Gasteiger partial charge in [0, 0.05) is 71.6 Å². The number of imide groups is 1. The van der Waals surface area contributed by atoms with Crippen LogP contribution in [0.25, 0.3) is 0 Å². The first-order valence-electron chi connectivity index (χ1n) is 29.4. The number of hydrogen-bond acceptors (Lipinski definition) is 14. The average Bonchev–Trinajstić information content (AvgIpc) is 4.28. The van der Waals surface area contributed by atoms with Gasteiger partial charge in [0.1, 0.15) is 24.2 Å². The highest BCUT2D eigenvalue weighted by atomic mass is 32.2. The summed E-state index contributed by atoms with van der Waals surface area (Å²) in [6.45, 7) is 19.5. The van der Waals surface area contributed by atoms with Crippen molar-refractivity contribution in [3.8, 4) is 0 Å². The lowest BCUT2D eigenvalue weighted by atomic mass is 9.89. The summed E-state index contributed by atoms with van der Waals surface area (Å²) in [6.07, 6.45) is 4.69. The summed E-state index contributed by atoms with van der Waals surface area (Å²) in [5.41, 5.74) is 0.759. The second-order valence-corrected chi connectivity index (χ2v) is 24.3. The molecule has 3 rings (SSSR count). The Hall–Kier alpha value is -5.91. The first-order valence-corrected chi connectivity index (χ1v) is 30.5. The number of likely N-dealkylation sites (tertiary alicyclic amines) is 1. The van der Waals surface area contributed by atoms with E-state index in [9.17, 15) is 53.1 Å². The first kappa shape index (κ1) is 71.4. The van der Waals surface area contributed by atoms with Gasteiger partial charge in [-0.15, -0.1) is 11.8 Å². The van der Waals surface area contributed by atoms with E-state index in [-0.39, 0.29) is 90.8 Å². The Balaban J connectivity index is 1.57. The topological polar surface area (TPSA) is 282 Å². The fourth-order valence-electron chi connectivity index (χ4n) is 10.9. The van der Waals surface area contributed by atoms with Crippen LogP contribution in [-0.4, -0.2) is 198 Å². The zero-order valence-electron chi connectivity index (χ0n) is 51.6. The molecular formula is C60H97N9O13S. The number of thioether (sulfide) groups is 1. The van der Waals surface area contributed by atoms with Gasteiger partial charge in [0.2, 0.25) is 41.4 Å². The summed E-state index contributed by atoms with van der Waals surface area (Å²) in [5.74, 6) is -5.40. The molecule has 23 heteroatoms. The molecule has 2 aliphatic rings. The van der Waals surface area contributed by atoms with Crippen molar-refractivity contribution in [3.05, 3.63) is 48.0 Å². The van der Waals surface area contributed by atoms with Gasteiger partial charge in [-0.1, -0.05) is 105 Å². The Morgan fingerprint density at radius 2 is 1.40 bits per heavy atom. The van der Waals surface area contributed by atoms with E-state index in [1.54, 1.807) is 68.8 Å². The molecule has 2 aliphatic heterocycles. The van der Waals surface area contributed by atoms with Crippen LogP contribution in [0.3, 0.4) is 0 Å². The maximum Gasteiger partial charge on any atom is 0.326 e. The number of carbonyl (C=O) groups is 10. The second-order valence-electron chi connectivity index (χ2n) is 23.2. The van der Waals surface area contributed by atoms with Gasteiger partial charge in [0.25, 0.3) is 11.8 Å². The lowest BCUT2D eigenvalue weighted by Crippen LogP contribution is -2.60. The lowest BCUT2D eigenvalue weighted by molar-refractivity contribution is -0.148. The highest BCUT2D eigenvalue weighted by molar-refractivity contribution is 7.99. The predicted octanol–water partition coefficient (Wildman–Crippen LogP) is 3.75. The van der Waals surface area contributed by atoms with Crippen LogP contribution in [0.15, 0.2) is 42.5 Å². The van der Waals surface area contributed by atoms with Crippen molar-refractivity contribution in [2.75, 3.05) is 59.6 Å². The van der Waals surface area contributed by atoms with Gasteiger partial charge >= 0.3 is 5.97 Å². The van der Waals surface area contributed by atoms with Crippen LogP contribution in [-0.2, 0) is 63.8 Å². The average molecular weight is 1180 g/mol. The van der Waals surface area contributed by atoms with Gasteiger partial charge in [-0.25, -0.2) is 4.79 Å². The summed E-state index contributed by atoms with van der Waals surface area (Å²) in [7, 11) is 6.50. The number of amides is 9. The van der Waals surface area contributed by atoms with E-state index < -0.39 is 84.1 Å². The number of likely N-dealkylation sites (N-methyl/N-ethyl adjacent to an activating group) is 2. The number of nitrogens with one attached hydrogen (secondary N) is 5. The van der Waals surface area contributed by atoms with Crippen LogP contribution in [0, 0.1) is 29.6 Å². The molecule has 1 saturated heterocycles. The number of benzene rings is 1. The number of carbonyl (C=O) groups excluding carboxylic acids is 9. The second kappa shape index (κ2) is 35.4. The summed E-state index contributed by atoms with van der Waals surface area (Å²) >= 11 is 1.43. The fraction of sp³-hybridized carbons (Fsp3) is 0.700. The van der Waals surface area contributed by atoms with Crippen LogP contribution < -0.4 is 26.6 Å². The zero-order valence-corrected chi connectivity index (χ0v) is 52.4. The number of nitrogens with zero attached hydrogens (tertiary/aromatic N) is 4. The SMILES string of the molecule is CC[C@H](C)[C@@H]([C@@H](CC(=O)N1CCC[C@H]1[C@H](OC)[C@@H](C)C(=O)N[C@@H](Cc1ccccc1)C(=O)O)OC)N(C)C(=O)[C@@H](NC(=O)[C@H](C(C)C)N(C)CCSCNC(=O)[C@H](C)NC(=O)[C@@H](NC(=O)CCCCCN1C(=O)C=CC1=O)C(C)C)C(C)C. The molecule has 83 heavy (non-hydrogen) atoms. The molecule has 0 aromatic heterocycles. The smallest absolute Gasteiger partial charge is 0.326 e. The van der Waals surface area contributed by atoms with Crippen molar-refractivity contribution in [2.45, 2.75) is 182 Å². The van der Waals surface area contributed by atoms with E-state index in [4.69, 9.17) is 9.47 Å². The molecule has 6 N–H and O–H groups in total. The predicted molar refractivity (Wildman–Crippen MR) is 318 cm³/mol. The third-order valence-corrected chi connectivity index (χ3v) is 16.7. The molecule has 9 amide bonds. The van der Waals surface area contributed by atoms with Crippen molar-refractivity contribution in [2.24, 2.45) is 29.6 Å². The van der Waals surface area contributed by atoms with E-state index in [0.29, 0.717) is 57.4 Å². The van der Waals surface area contributed by atoms with Crippen molar-refractivity contribution in [1.29, 1.82) is 0 Å². The molecule has 11 atom stereocenters. The summed E-state index contributed by atoms with van der Waals surface area (Å²) < 4.78 is 12.0. The molecule has 1 fully saturated rings. The first-order chi connectivity index (χ1) is 39.2. The maximum atomic E-state index is 14.7. The molecule has 466 valence electrons. The third kappa shape index (κ3) is 21.6. The Morgan fingerprint density at radius 3 is 1.96 bits per heavy atom. The minimum Gasteiger partial charge on any atom is -0.480 e. The van der Waals surface area contributed by atoms with Crippen molar-refractivity contribution in [3.63, 3.8) is 0 Å². The Bertz CT molecular complexity index is 2340. The highest BCUT2D eigenvalue weighted by Gasteiger charge is 2.44. The molecule has 0 bridgehead atoms. The number of aliphatic carboxylic acids is 1. The fourth-order valence-corrected chi connectivity index (χ4v) is 11.7. The monoisotopic (exact) mass is 1180 g/mol. The van der Waals surface area contributed by atoms with E-state index in [0.717, 1.165) is 10.5 Å². The minimum absolute atomic E-state index is 0.0792. The standard InChI is InChI=1S/C60H97N9O13S/c1-15-39(8)53(45(81-13)34-49(73)68-30-22-25-44(68)54(82-14)40(9)55(74)63-43(60(79)80)33-42-23-18-16-19-24-42)67(12)59(78)51(37(4)5)65-58(77)52(38(6)7)66(11)31-32-83-35-61-56(75)41(10)62-57(76)50(36(2)3)64-46(70)26-20-17-21-29-69-47(71)27-28-48(69)72/h16,18-19,23-24,27-28,36-41,43-45,50-54H,15,17,20-22,25-26,29-35H2,1-14H3,(H,61,75)(H,62,76)(H,63,74)(H,64,70)(H,65,77)(H,79,80)/t39-,40+,41-,43-,44-,45+,50-,51-,52-,53-,54+/m0/s1. The molecule has 1 aromatic carbocycles. The van der Waals surface area contributed by atoms with Crippen LogP contribution in [0.4, 0.5) is 0 Å². The molecule has 0 radical (unpaired) electrons. The third-order valence-electron chi connectivity index (χ3n) is 15.9. The zero-order chi connectivity index (χ0) is 62.2. The minimum atomic E-state index is -1.17. The van der Waals surface area contributed by atoms with Gasteiger partial charge in [0.05, 0.1) is 48.5 Å². The van der Waals surface area contributed by atoms with Crippen molar-refractivity contribution in [1.82, 2.24) is 46.2 Å². The van der Waals surface area contributed by atoms with Crippen molar-refractivity contribution < 1.29 is 62.5 Å². The summed E-state index contributed by atoms with van der Waals surface area (Å²) in [6, 6.07) is 3.49. The number of rotatable bonds is 37. The molecule has 0 aliphatic carbocycles. The Labute approximate surface area is 496 Å². The molecular weight excluding hydrogens is 1090 g/mol. The van der Waals surface area contributed by atoms with E-state index in [1.165, 1.54) is 38.1 Å². The number of carboxylic acids is 1. The Morgan fingerprint density at radius 1 is 0.759 bits per heavy atom.